The van der Waals surface area contributed by atoms with Crippen LogP contribution < -0.4 is 0 Å². The van der Waals surface area contributed by atoms with Crippen LogP contribution in [-0.4, -0.2) is 4.57 Å². The van der Waals surface area contributed by atoms with Crippen LogP contribution in [0.3, 0.4) is 0 Å². The minimum atomic E-state index is 0.545. The number of aromatic nitrogens is 1. The molecule has 0 aliphatic heterocycles. The third-order valence-corrected chi connectivity index (χ3v) is 4.40. The van der Waals surface area contributed by atoms with Gasteiger partial charge in [0.05, 0.1) is 0 Å². The van der Waals surface area contributed by atoms with Gasteiger partial charge in [-0.3, -0.25) is 0 Å². The van der Waals surface area contributed by atoms with Crippen molar-refractivity contribution in [1.82, 2.24) is 4.57 Å². The Bertz CT molecular complexity index is 787. The Morgan fingerprint density at radius 3 is 2.52 bits per heavy atom. The molecular weight excluding hydrogens is 301 g/mol. The summed E-state index contributed by atoms with van der Waals surface area (Å²) in [5.74, 6) is 0.545. The van der Waals surface area contributed by atoms with E-state index in [0.717, 1.165) is 12.1 Å². The maximum absolute atomic E-state index is 6.27. The molecule has 3 aromatic rings. The lowest BCUT2D eigenvalue weighted by Gasteiger charge is -2.09. The lowest BCUT2D eigenvalue weighted by molar-refractivity contribution is 0.835. The van der Waals surface area contributed by atoms with Crippen LogP contribution in [0.15, 0.2) is 48.7 Å². The average Bonchev–Trinajstić information content (AvgIpc) is 2.84. The highest BCUT2D eigenvalue weighted by molar-refractivity contribution is 6.35. The summed E-state index contributed by atoms with van der Waals surface area (Å²) >= 11 is 12.2. The number of rotatable bonds is 3. The molecule has 0 amide bonds. The second kappa shape index (κ2) is 5.75. The van der Waals surface area contributed by atoms with E-state index in [1.165, 1.54) is 16.5 Å². The fourth-order valence-electron chi connectivity index (χ4n) is 2.55. The number of fused-ring (bicyclic) bond motifs is 1. The molecule has 0 unspecified atom stereocenters. The second-order valence-corrected chi connectivity index (χ2v) is 6.50. The summed E-state index contributed by atoms with van der Waals surface area (Å²) in [7, 11) is 0. The molecule has 2 aromatic carbocycles. The normalized spacial score (nSPS) is 11.5. The molecule has 1 heterocycles. The summed E-state index contributed by atoms with van der Waals surface area (Å²) in [6.45, 7) is 5.18. The molecule has 0 radical (unpaired) electrons. The Kier molecular flexibility index (Phi) is 3.97. The van der Waals surface area contributed by atoms with E-state index < -0.39 is 0 Å². The number of hydrogen-bond donors (Lipinski definition) is 0. The molecule has 3 heteroatoms. The molecule has 0 saturated carbocycles. The van der Waals surface area contributed by atoms with Crippen LogP contribution in [0.2, 0.25) is 10.0 Å². The minimum Gasteiger partial charge on any atom is -0.343 e. The van der Waals surface area contributed by atoms with Crippen molar-refractivity contribution in [2.45, 2.75) is 26.3 Å². The van der Waals surface area contributed by atoms with Gasteiger partial charge in [0.1, 0.15) is 0 Å². The van der Waals surface area contributed by atoms with E-state index in [1.54, 1.807) is 6.07 Å². The van der Waals surface area contributed by atoms with Crippen LogP contribution in [0.5, 0.6) is 0 Å². The van der Waals surface area contributed by atoms with Gasteiger partial charge in [0.15, 0.2) is 0 Å². The first-order valence-corrected chi connectivity index (χ1v) is 7.83. The van der Waals surface area contributed by atoms with Crippen molar-refractivity contribution in [2.24, 2.45) is 0 Å². The SMILES string of the molecule is CC(C)c1ccc2c(ccn2Cc2ccc(Cl)cc2Cl)c1. The number of halogens is 2. The van der Waals surface area contributed by atoms with E-state index >= 15 is 0 Å². The van der Waals surface area contributed by atoms with E-state index in [2.05, 4.69) is 48.9 Å². The molecule has 3 rings (SSSR count). The summed E-state index contributed by atoms with van der Waals surface area (Å²) in [5, 5.41) is 2.65. The highest BCUT2D eigenvalue weighted by Gasteiger charge is 2.07. The number of nitrogens with zero attached hydrogens (tertiary/aromatic N) is 1. The molecule has 0 N–H and O–H groups in total. The van der Waals surface area contributed by atoms with E-state index in [4.69, 9.17) is 23.2 Å². The molecular formula is C18H17Cl2N. The van der Waals surface area contributed by atoms with Crippen molar-refractivity contribution < 1.29 is 0 Å². The first-order valence-electron chi connectivity index (χ1n) is 7.07. The molecule has 21 heavy (non-hydrogen) atoms. The van der Waals surface area contributed by atoms with Gasteiger partial charge in [0.25, 0.3) is 0 Å². The summed E-state index contributed by atoms with van der Waals surface area (Å²) < 4.78 is 2.22. The molecule has 0 aliphatic carbocycles. The highest BCUT2D eigenvalue weighted by atomic mass is 35.5. The quantitative estimate of drug-likeness (QED) is 0.548. The minimum absolute atomic E-state index is 0.545. The summed E-state index contributed by atoms with van der Waals surface area (Å²) in [4.78, 5) is 0. The van der Waals surface area contributed by atoms with Gasteiger partial charge in [-0.25, -0.2) is 0 Å². The summed E-state index contributed by atoms with van der Waals surface area (Å²) in [6, 6.07) is 14.5. The van der Waals surface area contributed by atoms with Crippen LogP contribution in [0.4, 0.5) is 0 Å². The zero-order valence-corrected chi connectivity index (χ0v) is 13.6. The Morgan fingerprint density at radius 1 is 1.00 bits per heavy atom. The predicted molar refractivity (Wildman–Crippen MR) is 91.6 cm³/mol. The monoisotopic (exact) mass is 317 g/mol. The summed E-state index contributed by atoms with van der Waals surface area (Å²) in [5.41, 5.74) is 3.67. The molecule has 0 bridgehead atoms. The lowest BCUT2D eigenvalue weighted by Crippen LogP contribution is -1.98. The van der Waals surface area contributed by atoms with Crippen LogP contribution >= 0.6 is 23.2 Å². The van der Waals surface area contributed by atoms with Gasteiger partial charge in [0, 0.05) is 28.3 Å². The van der Waals surface area contributed by atoms with Crippen molar-refractivity contribution in [3.63, 3.8) is 0 Å². The largest absolute Gasteiger partial charge is 0.343 e. The molecule has 108 valence electrons. The van der Waals surface area contributed by atoms with E-state index in [0.29, 0.717) is 16.0 Å². The Labute approximate surface area is 135 Å². The lowest BCUT2D eigenvalue weighted by atomic mass is 10.0. The van der Waals surface area contributed by atoms with Crippen molar-refractivity contribution in [1.29, 1.82) is 0 Å². The van der Waals surface area contributed by atoms with Gasteiger partial charge in [0.2, 0.25) is 0 Å². The maximum Gasteiger partial charge on any atom is 0.0490 e. The van der Waals surface area contributed by atoms with Gasteiger partial charge >= 0.3 is 0 Å². The second-order valence-electron chi connectivity index (χ2n) is 5.65. The van der Waals surface area contributed by atoms with Crippen LogP contribution in [0.25, 0.3) is 10.9 Å². The maximum atomic E-state index is 6.27. The highest BCUT2D eigenvalue weighted by Crippen LogP contribution is 2.26. The molecule has 0 fully saturated rings. The topological polar surface area (TPSA) is 4.93 Å². The van der Waals surface area contributed by atoms with E-state index in [9.17, 15) is 0 Å². The fraction of sp³-hybridized carbons (Fsp3) is 0.222. The van der Waals surface area contributed by atoms with Gasteiger partial charge < -0.3 is 4.57 Å². The average molecular weight is 318 g/mol. The summed E-state index contributed by atoms with van der Waals surface area (Å²) in [6.07, 6.45) is 2.11. The number of hydrogen-bond acceptors (Lipinski definition) is 0. The van der Waals surface area contributed by atoms with Crippen LogP contribution in [0, 0.1) is 0 Å². The molecule has 0 aliphatic rings. The fourth-order valence-corrected chi connectivity index (χ4v) is 3.02. The zero-order chi connectivity index (χ0) is 15.0. The first-order chi connectivity index (χ1) is 10.0. The molecule has 0 spiro atoms. The standard InChI is InChI=1S/C18H17Cl2N/c1-12(2)13-4-6-18-14(9-13)7-8-21(18)11-15-3-5-16(19)10-17(15)20/h3-10,12H,11H2,1-2H3. The van der Waals surface area contributed by atoms with Crippen LogP contribution in [0.1, 0.15) is 30.9 Å². The van der Waals surface area contributed by atoms with Gasteiger partial charge in [-0.05, 0) is 52.8 Å². The van der Waals surface area contributed by atoms with E-state index in [1.807, 2.05) is 12.1 Å². The Balaban J connectivity index is 1.97. The molecule has 1 nitrogen and oxygen atoms in total. The van der Waals surface area contributed by atoms with Gasteiger partial charge in [-0.2, -0.15) is 0 Å². The van der Waals surface area contributed by atoms with Crippen molar-refractivity contribution >= 4 is 34.1 Å². The van der Waals surface area contributed by atoms with Crippen molar-refractivity contribution in [2.75, 3.05) is 0 Å². The van der Waals surface area contributed by atoms with E-state index in [-0.39, 0.29) is 0 Å². The molecule has 1 aromatic heterocycles. The third kappa shape index (κ3) is 2.95. The Morgan fingerprint density at radius 2 is 1.81 bits per heavy atom. The van der Waals surface area contributed by atoms with Gasteiger partial charge in [-0.1, -0.05) is 49.2 Å². The molecule has 0 atom stereocenters. The van der Waals surface area contributed by atoms with Crippen molar-refractivity contribution in [3.8, 4) is 0 Å². The zero-order valence-electron chi connectivity index (χ0n) is 12.1. The third-order valence-electron chi connectivity index (χ3n) is 3.82. The first kappa shape index (κ1) is 14.5. The molecule has 0 saturated heterocycles. The van der Waals surface area contributed by atoms with Crippen molar-refractivity contribution in [3.05, 3.63) is 69.8 Å². The predicted octanol–water partition coefficient (Wildman–Crippen LogP) is 6.12. The van der Waals surface area contributed by atoms with Crippen LogP contribution in [-0.2, 0) is 6.54 Å². The van der Waals surface area contributed by atoms with Gasteiger partial charge in [-0.15, -0.1) is 0 Å². The smallest absolute Gasteiger partial charge is 0.0490 e. The number of benzene rings is 2. The Hall–Kier alpha value is -1.44.